The van der Waals surface area contributed by atoms with Crippen molar-refractivity contribution < 1.29 is 0 Å². The molecular formula is C16H22N2S. The van der Waals surface area contributed by atoms with Gasteiger partial charge in [0.1, 0.15) is 0 Å². The molecule has 0 aromatic carbocycles. The topological polar surface area (TPSA) is 6.48 Å². The van der Waals surface area contributed by atoms with E-state index >= 15 is 0 Å². The number of rotatable bonds is 2. The highest BCUT2D eigenvalue weighted by atomic mass is 32.1. The van der Waals surface area contributed by atoms with Crippen LogP contribution in [0.3, 0.4) is 0 Å². The van der Waals surface area contributed by atoms with Crippen LogP contribution in [0.1, 0.15) is 22.8 Å². The quantitative estimate of drug-likeness (QED) is 0.818. The van der Waals surface area contributed by atoms with Gasteiger partial charge in [0.15, 0.2) is 0 Å². The lowest BCUT2D eigenvalue weighted by Crippen LogP contribution is -2.46. The van der Waals surface area contributed by atoms with Crippen LogP contribution in [0.25, 0.3) is 6.08 Å². The minimum atomic E-state index is 0.790. The second-order valence-electron chi connectivity index (χ2n) is 6.37. The molecule has 2 nitrogen and oxygen atoms in total. The molecule has 1 aromatic rings. The first kappa shape index (κ1) is 12.1. The fourth-order valence-corrected chi connectivity index (χ4v) is 4.70. The number of hydrogen-bond donors (Lipinski definition) is 0. The number of likely N-dealkylation sites (N-methyl/N-ethyl adjacent to an activating group) is 1. The van der Waals surface area contributed by atoms with Crippen LogP contribution in [0, 0.1) is 11.8 Å². The van der Waals surface area contributed by atoms with Gasteiger partial charge in [-0.1, -0.05) is 12.2 Å². The maximum atomic E-state index is 2.69. The summed E-state index contributed by atoms with van der Waals surface area (Å²) in [6.07, 6.45) is 6.26. The van der Waals surface area contributed by atoms with Crippen molar-refractivity contribution in [1.82, 2.24) is 9.80 Å². The summed E-state index contributed by atoms with van der Waals surface area (Å²) in [6, 6.07) is 2.30. The van der Waals surface area contributed by atoms with E-state index in [1.54, 1.807) is 4.88 Å². The number of fused-ring (bicyclic) bond motifs is 2. The maximum absolute atomic E-state index is 2.69. The van der Waals surface area contributed by atoms with Gasteiger partial charge in [0.25, 0.3) is 0 Å². The zero-order valence-electron chi connectivity index (χ0n) is 11.6. The normalized spacial score (nSPS) is 34.7. The van der Waals surface area contributed by atoms with Crippen LogP contribution < -0.4 is 0 Å². The molecule has 1 saturated carbocycles. The van der Waals surface area contributed by atoms with E-state index in [0.717, 1.165) is 17.8 Å². The fourth-order valence-electron chi connectivity index (χ4n) is 3.64. The number of nitrogens with zero attached hydrogens (tertiary/aromatic N) is 2. The van der Waals surface area contributed by atoms with Gasteiger partial charge >= 0.3 is 0 Å². The molecule has 3 aliphatic rings. The lowest BCUT2D eigenvalue weighted by Gasteiger charge is -2.34. The van der Waals surface area contributed by atoms with E-state index in [4.69, 9.17) is 0 Å². The highest BCUT2D eigenvalue weighted by Gasteiger charge is 2.44. The monoisotopic (exact) mass is 274 g/mol. The molecule has 0 spiro atoms. The Labute approximate surface area is 119 Å². The predicted molar refractivity (Wildman–Crippen MR) is 81.6 cm³/mol. The van der Waals surface area contributed by atoms with Crippen molar-refractivity contribution in [3.63, 3.8) is 0 Å². The molecule has 1 saturated heterocycles. The minimum absolute atomic E-state index is 0.790. The third-order valence-corrected chi connectivity index (χ3v) is 6.11. The fraction of sp³-hybridized carbons (Fsp3) is 0.625. The van der Waals surface area contributed by atoms with E-state index in [-0.39, 0.29) is 0 Å². The first-order valence-corrected chi connectivity index (χ1v) is 8.36. The van der Waals surface area contributed by atoms with Crippen LogP contribution in [0.5, 0.6) is 0 Å². The Morgan fingerprint density at radius 3 is 2.95 bits per heavy atom. The Hall–Kier alpha value is -0.640. The number of hydrogen-bond acceptors (Lipinski definition) is 3. The van der Waals surface area contributed by atoms with Crippen molar-refractivity contribution in [2.75, 3.05) is 39.8 Å². The van der Waals surface area contributed by atoms with Crippen molar-refractivity contribution >= 4 is 17.4 Å². The van der Waals surface area contributed by atoms with Crippen LogP contribution in [0.15, 0.2) is 17.5 Å². The molecule has 2 fully saturated rings. The van der Waals surface area contributed by atoms with Crippen LogP contribution in [-0.4, -0.2) is 49.6 Å². The summed E-state index contributed by atoms with van der Waals surface area (Å²) >= 11 is 1.98. The molecule has 1 aromatic heterocycles. The zero-order chi connectivity index (χ0) is 12.8. The first-order valence-electron chi connectivity index (χ1n) is 7.48. The summed E-state index contributed by atoms with van der Waals surface area (Å²) in [5.41, 5.74) is 1.50. The predicted octanol–water partition coefficient (Wildman–Crippen LogP) is 2.74. The molecule has 3 unspecified atom stereocenters. The maximum Gasteiger partial charge on any atom is 0.0164 e. The summed E-state index contributed by atoms with van der Waals surface area (Å²) in [7, 11) is 2.24. The van der Waals surface area contributed by atoms with Gasteiger partial charge in [0, 0.05) is 43.5 Å². The number of allylic oxidation sites excluding steroid dienone is 1. The highest BCUT2D eigenvalue weighted by molar-refractivity contribution is 7.10. The van der Waals surface area contributed by atoms with E-state index in [1.807, 2.05) is 11.3 Å². The molecule has 102 valence electrons. The Kier molecular flexibility index (Phi) is 3.02. The second kappa shape index (κ2) is 4.72. The third-order valence-electron chi connectivity index (χ3n) is 5.05. The summed E-state index contributed by atoms with van der Waals surface area (Å²) in [6.45, 7) is 6.24. The van der Waals surface area contributed by atoms with Crippen LogP contribution in [0.2, 0.25) is 0 Å². The zero-order valence-corrected chi connectivity index (χ0v) is 12.4. The van der Waals surface area contributed by atoms with Gasteiger partial charge < -0.3 is 9.80 Å². The molecule has 4 rings (SSSR count). The van der Waals surface area contributed by atoms with Gasteiger partial charge in [-0.3, -0.25) is 0 Å². The minimum Gasteiger partial charge on any atom is -0.304 e. The molecule has 3 heteroatoms. The lowest BCUT2D eigenvalue weighted by atomic mass is 9.98. The third kappa shape index (κ3) is 2.28. The Balaban J connectivity index is 1.52. The molecule has 2 aliphatic carbocycles. The Bertz CT molecular complexity index is 485. The second-order valence-corrected chi connectivity index (χ2v) is 7.32. The van der Waals surface area contributed by atoms with Gasteiger partial charge in [-0.2, -0.15) is 0 Å². The standard InChI is InChI=1S/C16H22N2S/c1-17-5-7-18(8-6-17)11-15-14-10-13(14)3-2-12-4-9-19-16(12)15/h2-4,9,13-15H,5-8,10-11H2,1H3. The van der Waals surface area contributed by atoms with Gasteiger partial charge in [0.2, 0.25) is 0 Å². The largest absolute Gasteiger partial charge is 0.304 e. The van der Waals surface area contributed by atoms with Crippen LogP contribution >= 0.6 is 11.3 Å². The van der Waals surface area contributed by atoms with E-state index in [9.17, 15) is 0 Å². The number of thiophene rings is 1. The SMILES string of the molecule is CN1CCN(CC2c3sccc3C=CC3CC32)CC1. The van der Waals surface area contributed by atoms with Crippen molar-refractivity contribution in [2.45, 2.75) is 12.3 Å². The first-order chi connectivity index (χ1) is 9.31. The van der Waals surface area contributed by atoms with Gasteiger partial charge in [0.05, 0.1) is 0 Å². The van der Waals surface area contributed by atoms with Gasteiger partial charge in [-0.05, 0) is 42.3 Å². The van der Waals surface area contributed by atoms with E-state index in [2.05, 4.69) is 40.4 Å². The molecule has 0 amide bonds. The van der Waals surface area contributed by atoms with Crippen LogP contribution in [0.4, 0.5) is 0 Å². The smallest absolute Gasteiger partial charge is 0.0164 e. The molecule has 3 atom stereocenters. The summed E-state index contributed by atoms with van der Waals surface area (Å²) in [4.78, 5) is 6.79. The summed E-state index contributed by atoms with van der Waals surface area (Å²) in [5, 5.41) is 2.27. The molecule has 0 N–H and O–H groups in total. The lowest BCUT2D eigenvalue weighted by molar-refractivity contribution is 0.144. The van der Waals surface area contributed by atoms with Crippen molar-refractivity contribution in [2.24, 2.45) is 11.8 Å². The van der Waals surface area contributed by atoms with E-state index in [1.165, 1.54) is 44.7 Å². The van der Waals surface area contributed by atoms with Crippen molar-refractivity contribution in [3.05, 3.63) is 28.0 Å². The molecular weight excluding hydrogens is 252 g/mol. The molecule has 19 heavy (non-hydrogen) atoms. The van der Waals surface area contributed by atoms with E-state index < -0.39 is 0 Å². The highest BCUT2D eigenvalue weighted by Crippen LogP contribution is 2.53. The number of piperazine rings is 1. The summed E-state index contributed by atoms with van der Waals surface area (Å²) in [5.74, 6) is 2.59. The molecule has 2 heterocycles. The van der Waals surface area contributed by atoms with E-state index in [0.29, 0.717) is 0 Å². The summed E-state index contributed by atoms with van der Waals surface area (Å²) < 4.78 is 0. The van der Waals surface area contributed by atoms with Crippen molar-refractivity contribution in [3.8, 4) is 0 Å². The van der Waals surface area contributed by atoms with Crippen LogP contribution in [-0.2, 0) is 0 Å². The van der Waals surface area contributed by atoms with Gasteiger partial charge in [-0.15, -0.1) is 11.3 Å². The Morgan fingerprint density at radius 2 is 2.11 bits per heavy atom. The Morgan fingerprint density at radius 1 is 1.26 bits per heavy atom. The average molecular weight is 274 g/mol. The van der Waals surface area contributed by atoms with Crippen molar-refractivity contribution in [1.29, 1.82) is 0 Å². The molecule has 1 aliphatic heterocycles. The average Bonchev–Trinajstić information content (AvgIpc) is 3.07. The van der Waals surface area contributed by atoms with Gasteiger partial charge in [-0.25, -0.2) is 0 Å². The molecule has 0 bridgehead atoms. The molecule has 0 radical (unpaired) electrons.